The molecule has 0 atom stereocenters. The monoisotopic (exact) mass is 268 g/mol. The lowest BCUT2D eigenvalue weighted by atomic mass is 10.2. The van der Waals surface area contributed by atoms with Crippen LogP contribution in [0.25, 0.3) is 16.7 Å². The van der Waals surface area contributed by atoms with Crippen LogP contribution in [0.3, 0.4) is 0 Å². The third-order valence-corrected chi connectivity index (χ3v) is 3.57. The molecular formula is C14H16N6. The van der Waals surface area contributed by atoms with Crippen molar-refractivity contribution in [3.05, 3.63) is 41.2 Å². The minimum Gasteiger partial charge on any atom is -0.292 e. The number of hydrogen-bond donors (Lipinski definition) is 2. The van der Waals surface area contributed by atoms with Crippen LogP contribution in [0.15, 0.2) is 24.3 Å². The molecule has 0 unspecified atom stereocenters. The summed E-state index contributed by atoms with van der Waals surface area (Å²) in [6.45, 7) is 6.08. The van der Waals surface area contributed by atoms with Gasteiger partial charge < -0.3 is 0 Å². The zero-order valence-corrected chi connectivity index (χ0v) is 11.7. The fraction of sp³-hybridized carbons (Fsp3) is 0.214. The van der Waals surface area contributed by atoms with E-state index in [1.807, 2.05) is 42.8 Å². The first-order chi connectivity index (χ1) is 9.61. The second kappa shape index (κ2) is 4.57. The molecule has 3 rings (SSSR count). The summed E-state index contributed by atoms with van der Waals surface area (Å²) in [7, 11) is 0. The number of fused-ring (bicyclic) bond motifs is 1. The predicted octanol–water partition coefficient (Wildman–Crippen LogP) is 2.03. The van der Waals surface area contributed by atoms with E-state index in [1.165, 1.54) is 0 Å². The van der Waals surface area contributed by atoms with E-state index in [9.17, 15) is 0 Å². The molecule has 2 heterocycles. The topological polar surface area (TPSA) is 81.7 Å². The van der Waals surface area contributed by atoms with Gasteiger partial charge in [-0.15, -0.1) is 0 Å². The number of nitrogens with one attached hydrogen (secondary N) is 1. The van der Waals surface area contributed by atoms with Crippen LogP contribution in [0.4, 0.5) is 5.95 Å². The third kappa shape index (κ3) is 1.81. The molecule has 0 spiro atoms. The molecule has 2 aromatic heterocycles. The Morgan fingerprint density at radius 2 is 1.85 bits per heavy atom. The van der Waals surface area contributed by atoms with Crippen LogP contribution in [0.2, 0.25) is 0 Å². The zero-order valence-electron chi connectivity index (χ0n) is 11.7. The Hall–Kier alpha value is -2.47. The van der Waals surface area contributed by atoms with Crippen LogP contribution in [0.1, 0.15) is 17.0 Å². The molecule has 0 fully saturated rings. The van der Waals surface area contributed by atoms with Gasteiger partial charge >= 0.3 is 0 Å². The summed E-state index contributed by atoms with van der Waals surface area (Å²) in [5.74, 6) is 6.57. The molecule has 0 aliphatic heterocycles. The molecule has 1 aromatic carbocycles. The summed E-state index contributed by atoms with van der Waals surface area (Å²) in [4.78, 5) is 8.81. The largest absolute Gasteiger partial charge is 0.292 e. The number of hydrogen-bond acceptors (Lipinski definition) is 5. The van der Waals surface area contributed by atoms with Gasteiger partial charge in [-0.3, -0.25) is 5.43 Å². The van der Waals surface area contributed by atoms with Crippen LogP contribution in [-0.2, 0) is 0 Å². The average molecular weight is 268 g/mol. The average Bonchev–Trinajstić information content (AvgIpc) is 2.73. The van der Waals surface area contributed by atoms with Gasteiger partial charge in [0.25, 0.3) is 0 Å². The minimum atomic E-state index is 0.379. The maximum atomic E-state index is 5.46. The standard InChI is InChI=1S/C14H16N6/c1-8-9(2)19-20(10(8)3)13-11-6-4-5-7-12(11)16-14(17-13)18-15/h4-7H,15H2,1-3H3,(H,16,17,18). The first kappa shape index (κ1) is 12.6. The third-order valence-electron chi connectivity index (χ3n) is 3.57. The zero-order chi connectivity index (χ0) is 14.3. The fourth-order valence-electron chi connectivity index (χ4n) is 2.21. The Bertz CT molecular complexity index is 790. The number of rotatable bonds is 2. The van der Waals surface area contributed by atoms with Gasteiger partial charge in [0.15, 0.2) is 5.82 Å². The van der Waals surface area contributed by atoms with E-state index in [0.717, 1.165) is 33.7 Å². The lowest BCUT2D eigenvalue weighted by Gasteiger charge is -2.09. The van der Waals surface area contributed by atoms with Gasteiger partial charge in [0, 0.05) is 11.1 Å². The first-order valence-corrected chi connectivity index (χ1v) is 6.38. The molecule has 0 bridgehead atoms. The Morgan fingerprint density at radius 1 is 1.10 bits per heavy atom. The quantitative estimate of drug-likeness (QED) is 0.549. The highest BCUT2D eigenvalue weighted by Gasteiger charge is 2.14. The number of nitrogens with zero attached hydrogens (tertiary/aromatic N) is 4. The summed E-state index contributed by atoms with van der Waals surface area (Å²) in [6, 6.07) is 7.81. The highest BCUT2D eigenvalue weighted by Crippen LogP contribution is 2.23. The molecule has 0 saturated carbocycles. The molecule has 3 N–H and O–H groups in total. The van der Waals surface area contributed by atoms with Crippen LogP contribution >= 0.6 is 0 Å². The van der Waals surface area contributed by atoms with Gasteiger partial charge in [0.05, 0.1) is 11.2 Å². The minimum absolute atomic E-state index is 0.379. The Morgan fingerprint density at radius 3 is 2.50 bits per heavy atom. The molecule has 102 valence electrons. The van der Waals surface area contributed by atoms with E-state index < -0.39 is 0 Å². The Balaban J connectivity index is 2.37. The summed E-state index contributed by atoms with van der Waals surface area (Å²) in [5, 5.41) is 5.51. The number of para-hydroxylation sites is 1. The summed E-state index contributed by atoms with van der Waals surface area (Å²) in [5.41, 5.74) is 6.56. The van der Waals surface area contributed by atoms with Crippen molar-refractivity contribution in [2.45, 2.75) is 20.8 Å². The highest BCUT2D eigenvalue weighted by molar-refractivity contribution is 5.86. The van der Waals surface area contributed by atoms with Gasteiger partial charge in [-0.25, -0.2) is 15.5 Å². The van der Waals surface area contributed by atoms with Crippen LogP contribution in [0.5, 0.6) is 0 Å². The predicted molar refractivity (Wildman–Crippen MR) is 78.7 cm³/mol. The Labute approximate surface area is 116 Å². The van der Waals surface area contributed by atoms with E-state index in [2.05, 4.69) is 27.4 Å². The second-order valence-corrected chi connectivity index (χ2v) is 4.74. The normalized spacial score (nSPS) is 11.0. The number of hydrazine groups is 1. The van der Waals surface area contributed by atoms with Gasteiger partial charge in [-0.2, -0.15) is 10.1 Å². The molecule has 0 aliphatic carbocycles. The van der Waals surface area contributed by atoms with Gasteiger partial charge in [-0.1, -0.05) is 12.1 Å². The SMILES string of the molecule is Cc1nn(-c2nc(NN)nc3ccccc23)c(C)c1C. The Kier molecular flexibility index (Phi) is 2.87. The number of nitrogens with two attached hydrogens (primary N) is 1. The van der Waals surface area contributed by atoms with Crippen molar-refractivity contribution < 1.29 is 0 Å². The molecule has 20 heavy (non-hydrogen) atoms. The number of nitrogen functional groups attached to an aromatic ring is 1. The van der Waals surface area contributed by atoms with Gasteiger partial charge in [0.1, 0.15) is 0 Å². The molecule has 6 heteroatoms. The number of aromatic nitrogens is 4. The van der Waals surface area contributed by atoms with Crippen molar-refractivity contribution >= 4 is 16.9 Å². The van der Waals surface area contributed by atoms with Gasteiger partial charge in [0.2, 0.25) is 5.95 Å². The first-order valence-electron chi connectivity index (χ1n) is 6.38. The lowest BCUT2D eigenvalue weighted by Crippen LogP contribution is -2.13. The molecule has 6 nitrogen and oxygen atoms in total. The van der Waals surface area contributed by atoms with Crippen molar-refractivity contribution in [1.82, 2.24) is 19.7 Å². The fourth-order valence-corrected chi connectivity index (χ4v) is 2.21. The van der Waals surface area contributed by atoms with Crippen molar-refractivity contribution in [2.75, 3.05) is 5.43 Å². The van der Waals surface area contributed by atoms with E-state index in [0.29, 0.717) is 5.95 Å². The smallest absolute Gasteiger partial charge is 0.239 e. The maximum absolute atomic E-state index is 5.46. The van der Waals surface area contributed by atoms with Crippen molar-refractivity contribution in [3.8, 4) is 5.82 Å². The number of aryl methyl sites for hydroxylation is 1. The van der Waals surface area contributed by atoms with Gasteiger partial charge in [-0.05, 0) is 38.5 Å². The van der Waals surface area contributed by atoms with E-state index in [4.69, 9.17) is 5.84 Å². The lowest BCUT2D eigenvalue weighted by molar-refractivity contribution is 0.810. The van der Waals surface area contributed by atoms with Crippen LogP contribution < -0.4 is 11.3 Å². The summed E-state index contributed by atoms with van der Waals surface area (Å²) < 4.78 is 1.84. The number of anilines is 1. The molecular weight excluding hydrogens is 252 g/mol. The maximum Gasteiger partial charge on any atom is 0.239 e. The molecule has 0 aliphatic rings. The molecule has 0 radical (unpaired) electrons. The van der Waals surface area contributed by atoms with Crippen molar-refractivity contribution in [1.29, 1.82) is 0 Å². The van der Waals surface area contributed by atoms with E-state index in [1.54, 1.807) is 0 Å². The van der Waals surface area contributed by atoms with Crippen molar-refractivity contribution in [2.24, 2.45) is 5.84 Å². The molecule has 0 saturated heterocycles. The molecule has 0 amide bonds. The summed E-state index contributed by atoms with van der Waals surface area (Å²) >= 11 is 0. The summed E-state index contributed by atoms with van der Waals surface area (Å²) in [6.07, 6.45) is 0. The second-order valence-electron chi connectivity index (χ2n) is 4.74. The molecule has 3 aromatic rings. The highest BCUT2D eigenvalue weighted by atomic mass is 15.4. The van der Waals surface area contributed by atoms with E-state index in [-0.39, 0.29) is 0 Å². The van der Waals surface area contributed by atoms with Crippen LogP contribution in [-0.4, -0.2) is 19.7 Å². The van der Waals surface area contributed by atoms with E-state index >= 15 is 0 Å². The number of benzene rings is 1. The van der Waals surface area contributed by atoms with Crippen molar-refractivity contribution in [3.63, 3.8) is 0 Å². The van der Waals surface area contributed by atoms with Crippen LogP contribution in [0, 0.1) is 20.8 Å².